The van der Waals surface area contributed by atoms with Crippen molar-refractivity contribution < 1.29 is 5.11 Å². The molecule has 0 aromatic heterocycles. The van der Waals surface area contributed by atoms with Crippen LogP contribution >= 0.6 is 0 Å². The van der Waals surface area contributed by atoms with Gasteiger partial charge in [-0.2, -0.15) is 0 Å². The SMILES string of the molecule is Cc1ccc(C)c(C2(O)CC3CCC2C3)c1. The van der Waals surface area contributed by atoms with E-state index in [1.54, 1.807) is 0 Å². The minimum atomic E-state index is -0.515. The summed E-state index contributed by atoms with van der Waals surface area (Å²) in [7, 11) is 0. The second-order valence-corrected chi connectivity index (χ2v) is 5.82. The van der Waals surface area contributed by atoms with Crippen molar-refractivity contribution in [3.05, 3.63) is 34.9 Å². The number of fused-ring (bicyclic) bond motifs is 2. The molecule has 2 saturated carbocycles. The van der Waals surface area contributed by atoms with Gasteiger partial charge >= 0.3 is 0 Å². The molecule has 3 atom stereocenters. The van der Waals surface area contributed by atoms with Gasteiger partial charge in [0.1, 0.15) is 0 Å². The second-order valence-electron chi connectivity index (χ2n) is 5.82. The lowest BCUT2D eigenvalue weighted by atomic mass is 9.77. The van der Waals surface area contributed by atoms with Crippen molar-refractivity contribution in [1.29, 1.82) is 0 Å². The van der Waals surface area contributed by atoms with Crippen LogP contribution in [0.4, 0.5) is 0 Å². The predicted octanol–water partition coefficient (Wildman–Crippen LogP) is 3.31. The van der Waals surface area contributed by atoms with E-state index in [0.717, 1.165) is 12.3 Å². The van der Waals surface area contributed by atoms with E-state index in [-0.39, 0.29) is 0 Å². The molecule has 0 amide bonds. The van der Waals surface area contributed by atoms with Crippen LogP contribution in [-0.2, 0) is 5.60 Å². The van der Waals surface area contributed by atoms with E-state index in [1.165, 1.54) is 36.0 Å². The van der Waals surface area contributed by atoms with Crippen molar-refractivity contribution in [1.82, 2.24) is 0 Å². The highest BCUT2D eigenvalue weighted by Gasteiger charge is 2.51. The second kappa shape index (κ2) is 3.33. The summed E-state index contributed by atoms with van der Waals surface area (Å²) in [5, 5.41) is 11.0. The van der Waals surface area contributed by atoms with E-state index in [2.05, 4.69) is 32.0 Å². The van der Waals surface area contributed by atoms with E-state index < -0.39 is 5.60 Å². The van der Waals surface area contributed by atoms with Crippen molar-refractivity contribution in [3.8, 4) is 0 Å². The predicted molar refractivity (Wildman–Crippen MR) is 65.3 cm³/mol. The molecule has 2 aliphatic carbocycles. The molecule has 16 heavy (non-hydrogen) atoms. The van der Waals surface area contributed by atoms with Crippen LogP contribution in [0, 0.1) is 25.7 Å². The van der Waals surface area contributed by atoms with Crippen molar-refractivity contribution in [2.24, 2.45) is 11.8 Å². The molecule has 2 aliphatic rings. The zero-order valence-corrected chi connectivity index (χ0v) is 10.2. The zero-order chi connectivity index (χ0) is 11.3. The quantitative estimate of drug-likeness (QED) is 0.763. The lowest BCUT2D eigenvalue weighted by molar-refractivity contribution is -0.0188. The van der Waals surface area contributed by atoms with Crippen LogP contribution in [0.25, 0.3) is 0 Å². The maximum Gasteiger partial charge on any atom is 0.0929 e. The van der Waals surface area contributed by atoms with Crippen molar-refractivity contribution in [3.63, 3.8) is 0 Å². The van der Waals surface area contributed by atoms with Gasteiger partial charge in [0, 0.05) is 0 Å². The third kappa shape index (κ3) is 1.34. The fourth-order valence-electron chi connectivity index (χ4n) is 3.83. The lowest BCUT2D eigenvalue weighted by Gasteiger charge is -2.34. The van der Waals surface area contributed by atoms with Crippen molar-refractivity contribution in [2.75, 3.05) is 0 Å². The molecule has 0 aliphatic heterocycles. The molecule has 1 aromatic carbocycles. The molecular weight excluding hydrogens is 196 g/mol. The summed E-state index contributed by atoms with van der Waals surface area (Å²) >= 11 is 0. The number of hydrogen-bond acceptors (Lipinski definition) is 1. The van der Waals surface area contributed by atoms with Gasteiger partial charge in [-0.3, -0.25) is 0 Å². The molecule has 1 aromatic rings. The van der Waals surface area contributed by atoms with Gasteiger partial charge in [0.15, 0.2) is 0 Å². The van der Waals surface area contributed by atoms with E-state index >= 15 is 0 Å². The molecule has 0 heterocycles. The highest BCUT2D eigenvalue weighted by Crippen LogP contribution is 2.56. The molecule has 3 rings (SSSR count). The van der Waals surface area contributed by atoms with E-state index in [1.807, 2.05) is 0 Å². The Labute approximate surface area is 97.5 Å². The number of aryl methyl sites for hydroxylation is 2. The first kappa shape index (κ1) is 10.3. The molecule has 0 spiro atoms. The molecule has 1 heteroatoms. The maximum absolute atomic E-state index is 11.0. The Kier molecular flexibility index (Phi) is 2.16. The van der Waals surface area contributed by atoms with Crippen LogP contribution in [0.1, 0.15) is 42.4 Å². The summed E-state index contributed by atoms with van der Waals surface area (Å²) in [6, 6.07) is 6.47. The van der Waals surface area contributed by atoms with Crippen LogP contribution in [0.5, 0.6) is 0 Å². The number of aliphatic hydroxyl groups is 1. The molecule has 1 nitrogen and oxygen atoms in total. The van der Waals surface area contributed by atoms with Gasteiger partial charge in [-0.05, 0) is 62.5 Å². The normalized spacial score (nSPS) is 36.9. The fourth-order valence-corrected chi connectivity index (χ4v) is 3.83. The average molecular weight is 216 g/mol. The Hall–Kier alpha value is -0.820. The highest BCUT2D eigenvalue weighted by atomic mass is 16.3. The molecular formula is C15H20O. The van der Waals surface area contributed by atoms with Gasteiger partial charge in [0.05, 0.1) is 5.60 Å². The molecule has 2 bridgehead atoms. The monoisotopic (exact) mass is 216 g/mol. The molecule has 1 N–H and O–H groups in total. The lowest BCUT2D eigenvalue weighted by Crippen LogP contribution is -2.33. The average Bonchev–Trinajstić information content (AvgIpc) is 2.81. The Bertz CT molecular complexity index is 423. The van der Waals surface area contributed by atoms with Gasteiger partial charge in [-0.15, -0.1) is 0 Å². The summed E-state index contributed by atoms with van der Waals surface area (Å²) in [5.74, 6) is 1.29. The summed E-state index contributed by atoms with van der Waals surface area (Å²) in [5.41, 5.74) is 3.19. The first-order valence-corrected chi connectivity index (χ1v) is 6.40. The highest BCUT2D eigenvalue weighted by molar-refractivity contribution is 5.37. The third-order valence-electron chi connectivity index (χ3n) is 4.68. The van der Waals surface area contributed by atoms with Gasteiger partial charge in [-0.25, -0.2) is 0 Å². The summed E-state index contributed by atoms with van der Waals surface area (Å²) in [4.78, 5) is 0. The minimum absolute atomic E-state index is 0.512. The number of rotatable bonds is 1. The maximum atomic E-state index is 11.0. The van der Waals surface area contributed by atoms with Crippen LogP contribution in [0.15, 0.2) is 18.2 Å². The Morgan fingerprint density at radius 2 is 2.06 bits per heavy atom. The standard InChI is InChI=1S/C15H20O/c1-10-3-4-11(2)14(7-10)15(16)9-12-5-6-13(15)8-12/h3-4,7,12-13,16H,5-6,8-9H2,1-2H3. The van der Waals surface area contributed by atoms with Gasteiger partial charge in [0.2, 0.25) is 0 Å². The van der Waals surface area contributed by atoms with Crippen molar-refractivity contribution in [2.45, 2.75) is 45.1 Å². The van der Waals surface area contributed by atoms with Gasteiger partial charge in [-0.1, -0.05) is 23.8 Å². The Morgan fingerprint density at radius 3 is 2.69 bits per heavy atom. The largest absolute Gasteiger partial charge is 0.385 e. The Morgan fingerprint density at radius 1 is 1.25 bits per heavy atom. The molecule has 2 fully saturated rings. The first-order valence-electron chi connectivity index (χ1n) is 6.40. The van der Waals surface area contributed by atoms with Gasteiger partial charge in [0.25, 0.3) is 0 Å². The minimum Gasteiger partial charge on any atom is -0.385 e. The molecule has 0 saturated heterocycles. The number of benzene rings is 1. The first-order chi connectivity index (χ1) is 7.59. The fraction of sp³-hybridized carbons (Fsp3) is 0.600. The summed E-state index contributed by atoms with van der Waals surface area (Å²) < 4.78 is 0. The van der Waals surface area contributed by atoms with Crippen LogP contribution in [0.3, 0.4) is 0 Å². The van der Waals surface area contributed by atoms with Crippen LogP contribution in [0.2, 0.25) is 0 Å². The molecule has 0 radical (unpaired) electrons. The van der Waals surface area contributed by atoms with Gasteiger partial charge < -0.3 is 5.11 Å². The summed E-state index contributed by atoms with van der Waals surface area (Å²) in [6.07, 6.45) is 4.78. The smallest absolute Gasteiger partial charge is 0.0929 e. The molecule has 86 valence electrons. The topological polar surface area (TPSA) is 20.2 Å². The van der Waals surface area contributed by atoms with E-state index in [9.17, 15) is 5.11 Å². The van der Waals surface area contributed by atoms with E-state index in [4.69, 9.17) is 0 Å². The van der Waals surface area contributed by atoms with Crippen LogP contribution in [-0.4, -0.2) is 5.11 Å². The number of hydrogen-bond donors (Lipinski definition) is 1. The Balaban J connectivity index is 2.06. The summed E-state index contributed by atoms with van der Waals surface area (Å²) in [6.45, 7) is 4.23. The van der Waals surface area contributed by atoms with Crippen molar-refractivity contribution >= 4 is 0 Å². The molecule has 3 unspecified atom stereocenters. The van der Waals surface area contributed by atoms with Crippen LogP contribution < -0.4 is 0 Å². The van der Waals surface area contributed by atoms with E-state index in [0.29, 0.717) is 5.92 Å². The zero-order valence-electron chi connectivity index (χ0n) is 10.2. The third-order valence-corrected chi connectivity index (χ3v) is 4.68.